The number of ether oxygens (including phenoxy) is 2. The van der Waals surface area contributed by atoms with Crippen molar-refractivity contribution in [2.75, 3.05) is 27.8 Å². The number of rotatable bonds is 5. The van der Waals surface area contributed by atoms with Crippen LogP contribution in [-0.4, -0.2) is 38.8 Å². The Labute approximate surface area is 161 Å². The van der Waals surface area contributed by atoms with Crippen LogP contribution in [0.5, 0.6) is 11.5 Å². The highest BCUT2D eigenvalue weighted by Gasteiger charge is 2.20. The quantitative estimate of drug-likeness (QED) is 0.727. The molecule has 0 fully saturated rings. The maximum Gasteiger partial charge on any atom is 0.160 e. The second-order valence-electron chi connectivity index (χ2n) is 6.25. The summed E-state index contributed by atoms with van der Waals surface area (Å²) >= 11 is 0. The van der Waals surface area contributed by atoms with Gasteiger partial charge in [-0.2, -0.15) is 0 Å². The zero-order valence-electron chi connectivity index (χ0n) is 15.1. The van der Waals surface area contributed by atoms with Gasteiger partial charge in [0.25, 0.3) is 0 Å². The molecule has 0 aliphatic carbocycles. The lowest BCUT2D eigenvalue weighted by Gasteiger charge is -2.31. The minimum Gasteiger partial charge on any atom is -0.493 e. The molecule has 25 heavy (non-hydrogen) atoms. The maximum atomic E-state index is 5.43. The van der Waals surface area contributed by atoms with Crippen LogP contribution in [0, 0.1) is 0 Å². The van der Waals surface area contributed by atoms with E-state index in [0.717, 1.165) is 30.9 Å². The Morgan fingerprint density at radius 1 is 1.00 bits per heavy atom. The number of hydrogen-bond acceptors (Lipinski definition) is 3. The van der Waals surface area contributed by atoms with Gasteiger partial charge in [-0.3, -0.25) is 4.90 Å². The molecule has 1 aliphatic rings. The molecule has 4 heteroatoms. The molecule has 0 saturated heterocycles. The predicted octanol–water partition coefficient (Wildman–Crippen LogP) is 4.61. The van der Waals surface area contributed by atoms with E-state index >= 15 is 0 Å². The highest BCUT2D eigenvalue weighted by atomic mass is 79.9. The summed E-state index contributed by atoms with van der Waals surface area (Å²) in [7, 11) is 5.55. The molecule has 0 bridgehead atoms. The SMILES string of the molecule is Br.COc1ccc(CC2C=C(c3ccccc3)CCN2C)cc1OC. The standard InChI is InChI=1S/C21H25NO2.BrH/c1-22-12-11-18(17-7-5-4-6-8-17)15-19(22)13-16-9-10-20(23-2)21(14-16)24-3;/h4-10,14-15,19H,11-13H2,1-3H3;1H. The van der Waals surface area contributed by atoms with Crippen molar-refractivity contribution in [2.24, 2.45) is 0 Å². The first kappa shape index (κ1) is 19.5. The highest BCUT2D eigenvalue weighted by Crippen LogP contribution is 2.30. The number of hydrogen-bond donors (Lipinski definition) is 0. The summed E-state index contributed by atoms with van der Waals surface area (Å²) in [6, 6.07) is 17.3. The molecular weight excluding hydrogens is 378 g/mol. The number of nitrogens with zero attached hydrogens (tertiary/aromatic N) is 1. The van der Waals surface area contributed by atoms with Gasteiger partial charge in [0.05, 0.1) is 14.2 Å². The lowest BCUT2D eigenvalue weighted by Crippen LogP contribution is -2.36. The average molecular weight is 404 g/mol. The summed E-state index contributed by atoms with van der Waals surface area (Å²) in [5, 5.41) is 0. The van der Waals surface area contributed by atoms with Gasteiger partial charge < -0.3 is 9.47 Å². The maximum absolute atomic E-state index is 5.43. The first-order chi connectivity index (χ1) is 11.7. The smallest absolute Gasteiger partial charge is 0.160 e. The van der Waals surface area contributed by atoms with Crippen molar-refractivity contribution in [3.63, 3.8) is 0 Å². The van der Waals surface area contributed by atoms with Crippen LogP contribution in [0.15, 0.2) is 54.6 Å². The molecule has 0 N–H and O–H groups in total. The van der Waals surface area contributed by atoms with Gasteiger partial charge in [0.1, 0.15) is 0 Å². The van der Waals surface area contributed by atoms with Crippen molar-refractivity contribution in [3.05, 3.63) is 65.7 Å². The van der Waals surface area contributed by atoms with E-state index in [9.17, 15) is 0 Å². The minimum atomic E-state index is 0. The molecule has 1 heterocycles. The fourth-order valence-corrected chi connectivity index (χ4v) is 3.26. The van der Waals surface area contributed by atoms with Gasteiger partial charge in [-0.05, 0) is 48.7 Å². The van der Waals surface area contributed by atoms with Gasteiger partial charge in [0.2, 0.25) is 0 Å². The van der Waals surface area contributed by atoms with Crippen LogP contribution in [0.2, 0.25) is 0 Å². The molecule has 1 aliphatic heterocycles. The van der Waals surface area contributed by atoms with E-state index in [1.807, 2.05) is 6.07 Å². The first-order valence-electron chi connectivity index (χ1n) is 8.38. The molecule has 2 aromatic carbocycles. The van der Waals surface area contributed by atoms with E-state index in [4.69, 9.17) is 9.47 Å². The fraction of sp³-hybridized carbons (Fsp3) is 0.333. The molecule has 3 nitrogen and oxygen atoms in total. The Morgan fingerprint density at radius 2 is 1.72 bits per heavy atom. The van der Waals surface area contributed by atoms with E-state index in [0.29, 0.717) is 6.04 Å². The molecule has 1 unspecified atom stereocenters. The van der Waals surface area contributed by atoms with Crippen LogP contribution in [0.25, 0.3) is 5.57 Å². The summed E-state index contributed by atoms with van der Waals surface area (Å²) in [6.45, 7) is 1.08. The third-order valence-corrected chi connectivity index (χ3v) is 4.73. The number of halogens is 1. The van der Waals surface area contributed by atoms with Gasteiger partial charge >= 0.3 is 0 Å². The summed E-state index contributed by atoms with van der Waals surface area (Å²) in [4.78, 5) is 2.42. The van der Waals surface area contributed by atoms with Crippen molar-refractivity contribution < 1.29 is 9.47 Å². The molecule has 1 atom stereocenters. The average Bonchev–Trinajstić information content (AvgIpc) is 2.64. The summed E-state index contributed by atoms with van der Waals surface area (Å²) in [5.41, 5.74) is 4.04. The van der Waals surface area contributed by atoms with Crippen molar-refractivity contribution in [1.29, 1.82) is 0 Å². The van der Waals surface area contributed by atoms with Crippen LogP contribution in [-0.2, 0) is 6.42 Å². The summed E-state index contributed by atoms with van der Waals surface area (Å²) in [6.07, 6.45) is 4.48. The molecule has 2 aromatic rings. The van der Waals surface area contributed by atoms with Crippen LogP contribution in [0.1, 0.15) is 17.5 Å². The van der Waals surface area contributed by atoms with Gasteiger partial charge in [0, 0.05) is 12.6 Å². The lowest BCUT2D eigenvalue weighted by molar-refractivity contribution is 0.277. The lowest BCUT2D eigenvalue weighted by atomic mass is 9.93. The second-order valence-corrected chi connectivity index (χ2v) is 6.25. The van der Waals surface area contributed by atoms with E-state index in [-0.39, 0.29) is 17.0 Å². The Kier molecular flexibility index (Phi) is 7.09. The Morgan fingerprint density at radius 3 is 2.40 bits per heavy atom. The normalized spacial score (nSPS) is 17.4. The number of methoxy groups -OCH3 is 2. The topological polar surface area (TPSA) is 21.7 Å². The molecule has 134 valence electrons. The van der Waals surface area contributed by atoms with Crippen LogP contribution in [0.3, 0.4) is 0 Å². The molecule has 3 rings (SSSR count). The van der Waals surface area contributed by atoms with Gasteiger partial charge in [0.15, 0.2) is 11.5 Å². The van der Waals surface area contributed by atoms with E-state index < -0.39 is 0 Å². The summed E-state index contributed by atoms with van der Waals surface area (Å²) < 4.78 is 10.8. The zero-order valence-corrected chi connectivity index (χ0v) is 16.8. The minimum absolute atomic E-state index is 0. The van der Waals surface area contributed by atoms with E-state index in [1.165, 1.54) is 16.7 Å². The highest BCUT2D eigenvalue weighted by molar-refractivity contribution is 8.93. The van der Waals surface area contributed by atoms with Crippen molar-refractivity contribution >= 4 is 22.6 Å². The van der Waals surface area contributed by atoms with Gasteiger partial charge in [-0.15, -0.1) is 17.0 Å². The Balaban J connectivity index is 0.00000225. The number of likely N-dealkylation sites (N-methyl/N-ethyl adjacent to an activating group) is 1. The molecule has 0 amide bonds. The van der Waals surface area contributed by atoms with Crippen molar-refractivity contribution in [1.82, 2.24) is 4.90 Å². The van der Waals surface area contributed by atoms with Crippen molar-refractivity contribution in [3.8, 4) is 11.5 Å². The zero-order chi connectivity index (χ0) is 16.9. The van der Waals surface area contributed by atoms with Gasteiger partial charge in [-0.1, -0.05) is 42.5 Å². The van der Waals surface area contributed by atoms with E-state index in [1.54, 1.807) is 14.2 Å². The third kappa shape index (κ3) is 4.65. The first-order valence-corrected chi connectivity index (χ1v) is 8.38. The summed E-state index contributed by atoms with van der Waals surface area (Å²) in [5.74, 6) is 1.57. The molecule has 0 aromatic heterocycles. The van der Waals surface area contributed by atoms with Crippen molar-refractivity contribution in [2.45, 2.75) is 18.9 Å². The van der Waals surface area contributed by atoms with Crippen LogP contribution in [0.4, 0.5) is 0 Å². The monoisotopic (exact) mass is 403 g/mol. The van der Waals surface area contributed by atoms with E-state index in [2.05, 4.69) is 60.5 Å². The third-order valence-electron chi connectivity index (χ3n) is 4.73. The Bertz CT molecular complexity index is 715. The molecular formula is C21H26BrNO2. The van der Waals surface area contributed by atoms with Crippen LogP contribution >= 0.6 is 17.0 Å². The Hall–Kier alpha value is -1.78. The van der Waals surface area contributed by atoms with Crippen LogP contribution < -0.4 is 9.47 Å². The largest absolute Gasteiger partial charge is 0.493 e. The second kappa shape index (κ2) is 9.07. The number of benzene rings is 2. The molecule has 0 spiro atoms. The fourth-order valence-electron chi connectivity index (χ4n) is 3.26. The van der Waals surface area contributed by atoms with Gasteiger partial charge in [-0.25, -0.2) is 0 Å². The molecule has 0 saturated carbocycles. The predicted molar refractivity (Wildman–Crippen MR) is 109 cm³/mol. The molecule has 0 radical (unpaired) electrons.